The largest absolute Gasteiger partial charge is 0.384 e. The highest BCUT2D eigenvalue weighted by atomic mass is 79.9. The molecule has 2 aromatic carbocycles. The maximum absolute atomic E-state index is 12.9. The third-order valence-corrected chi connectivity index (χ3v) is 4.12. The van der Waals surface area contributed by atoms with E-state index in [1.165, 1.54) is 23.3 Å². The van der Waals surface area contributed by atoms with E-state index in [2.05, 4.69) is 40.2 Å². The lowest BCUT2D eigenvalue weighted by Crippen LogP contribution is -1.98. The Bertz CT molecular complexity index is 522. The van der Waals surface area contributed by atoms with Gasteiger partial charge in [-0.1, -0.05) is 52.3 Å². The van der Waals surface area contributed by atoms with E-state index in [0.717, 1.165) is 25.0 Å². The molecule has 3 heteroatoms. The van der Waals surface area contributed by atoms with Gasteiger partial charge in [0.15, 0.2) is 0 Å². The first-order valence-electron chi connectivity index (χ1n) is 6.65. The summed E-state index contributed by atoms with van der Waals surface area (Å²) in [5.41, 5.74) is 3.63. The lowest BCUT2D eigenvalue weighted by atomic mass is 10.0. The van der Waals surface area contributed by atoms with Gasteiger partial charge in [0.1, 0.15) is 5.82 Å². The molecular formula is C17H18BrFO. The zero-order chi connectivity index (χ0) is 14.4. The minimum Gasteiger partial charge on any atom is -0.384 e. The van der Waals surface area contributed by atoms with E-state index in [4.69, 9.17) is 4.74 Å². The molecule has 0 aliphatic carbocycles. The van der Waals surface area contributed by atoms with Crippen LogP contribution in [0.1, 0.15) is 21.5 Å². The molecule has 0 spiro atoms. The molecule has 20 heavy (non-hydrogen) atoms. The third-order valence-electron chi connectivity index (χ3n) is 3.26. The highest BCUT2D eigenvalue weighted by Crippen LogP contribution is 2.27. The minimum atomic E-state index is -0.192. The van der Waals surface area contributed by atoms with E-state index in [9.17, 15) is 4.39 Å². The van der Waals surface area contributed by atoms with Crippen molar-refractivity contribution < 1.29 is 9.13 Å². The molecule has 0 fully saturated rings. The van der Waals surface area contributed by atoms with Crippen molar-refractivity contribution in [2.75, 3.05) is 13.7 Å². The molecule has 0 aliphatic heterocycles. The molecule has 2 rings (SSSR count). The quantitative estimate of drug-likeness (QED) is 0.695. The van der Waals surface area contributed by atoms with Crippen molar-refractivity contribution in [1.29, 1.82) is 0 Å². The van der Waals surface area contributed by atoms with Gasteiger partial charge < -0.3 is 4.74 Å². The van der Waals surface area contributed by atoms with E-state index < -0.39 is 0 Å². The molecule has 0 aromatic heterocycles. The van der Waals surface area contributed by atoms with Crippen LogP contribution in [-0.2, 0) is 17.6 Å². The van der Waals surface area contributed by atoms with Crippen LogP contribution in [0.4, 0.5) is 4.39 Å². The zero-order valence-electron chi connectivity index (χ0n) is 11.5. The van der Waals surface area contributed by atoms with E-state index in [-0.39, 0.29) is 10.6 Å². The third kappa shape index (κ3) is 4.43. The fourth-order valence-corrected chi connectivity index (χ4v) is 2.74. The van der Waals surface area contributed by atoms with Crippen molar-refractivity contribution in [1.82, 2.24) is 0 Å². The fraction of sp³-hybridized carbons (Fsp3) is 0.294. The first-order chi connectivity index (χ1) is 9.69. The molecule has 0 heterocycles. The Hall–Kier alpha value is -1.19. The summed E-state index contributed by atoms with van der Waals surface area (Å²) in [6, 6.07) is 15.2. The van der Waals surface area contributed by atoms with Crippen LogP contribution in [0, 0.1) is 5.82 Å². The average molecular weight is 337 g/mol. The van der Waals surface area contributed by atoms with Crippen LogP contribution in [0.3, 0.4) is 0 Å². The number of hydrogen-bond acceptors (Lipinski definition) is 1. The molecule has 0 amide bonds. The van der Waals surface area contributed by atoms with Gasteiger partial charge in [-0.15, -0.1) is 0 Å². The Balaban J connectivity index is 1.98. The Morgan fingerprint density at radius 1 is 1.00 bits per heavy atom. The van der Waals surface area contributed by atoms with E-state index in [1.54, 1.807) is 7.11 Å². The summed E-state index contributed by atoms with van der Waals surface area (Å²) in [6.45, 7) is 0.743. The zero-order valence-corrected chi connectivity index (χ0v) is 13.1. The van der Waals surface area contributed by atoms with Crippen LogP contribution in [0.25, 0.3) is 0 Å². The van der Waals surface area contributed by atoms with Gasteiger partial charge in [0.05, 0.1) is 6.61 Å². The molecule has 0 saturated carbocycles. The minimum absolute atomic E-state index is 0.192. The Morgan fingerprint density at radius 2 is 1.60 bits per heavy atom. The predicted molar refractivity (Wildman–Crippen MR) is 83.8 cm³/mol. The van der Waals surface area contributed by atoms with Gasteiger partial charge in [0, 0.05) is 11.9 Å². The molecule has 0 radical (unpaired) electrons. The lowest BCUT2D eigenvalue weighted by molar-refractivity contribution is 0.202. The molecule has 1 nitrogen and oxygen atoms in total. The number of hydrogen-bond donors (Lipinski definition) is 0. The van der Waals surface area contributed by atoms with Crippen molar-refractivity contribution in [3.05, 3.63) is 71.0 Å². The molecular weight excluding hydrogens is 319 g/mol. The Morgan fingerprint density at radius 3 is 2.20 bits per heavy atom. The molecule has 1 atom stereocenters. The maximum atomic E-state index is 12.9. The number of ether oxygens (including phenoxy) is 1. The van der Waals surface area contributed by atoms with Crippen LogP contribution in [-0.4, -0.2) is 13.7 Å². The van der Waals surface area contributed by atoms with Crippen molar-refractivity contribution in [2.24, 2.45) is 0 Å². The molecule has 2 aromatic rings. The number of benzene rings is 2. The summed E-state index contributed by atoms with van der Waals surface area (Å²) >= 11 is 3.70. The maximum Gasteiger partial charge on any atom is 0.123 e. The monoisotopic (exact) mass is 336 g/mol. The Labute approximate surface area is 127 Å². The second kappa shape index (κ2) is 7.55. The van der Waals surface area contributed by atoms with Gasteiger partial charge >= 0.3 is 0 Å². The predicted octanol–water partition coefficient (Wildman–Crippen LogP) is 4.69. The van der Waals surface area contributed by atoms with Crippen LogP contribution >= 0.6 is 15.9 Å². The van der Waals surface area contributed by atoms with Crippen LogP contribution in [0.5, 0.6) is 0 Å². The van der Waals surface area contributed by atoms with Crippen LogP contribution < -0.4 is 0 Å². The summed E-state index contributed by atoms with van der Waals surface area (Å²) < 4.78 is 17.9. The highest BCUT2D eigenvalue weighted by molar-refractivity contribution is 9.09. The van der Waals surface area contributed by atoms with Crippen molar-refractivity contribution >= 4 is 15.9 Å². The standard InChI is InChI=1S/C17H18BrFO/c1-20-11-10-13-2-6-15(7-3-13)17(18)12-14-4-8-16(19)9-5-14/h2-9,17H,10-12H2,1H3. The lowest BCUT2D eigenvalue weighted by Gasteiger charge is -2.11. The summed E-state index contributed by atoms with van der Waals surface area (Å²) in [4.78, 5) is 0.240. The summed E-state index contributed by atoms with van der Waals surface area (Å²) in [5.74, 6) is -0.192. The first-order valence-corrected chi connectivity index (χ1v) is 7.57. The van der Waals surface area contributed by atoms with Gasteiger partial charge in [0.25, 0.3) is 0 Å². The molecule has 0 bridgehead atoms. The van der Waals surface area contributed by atoms with Crippen LogP contribution in [0.15, 0.2) is 48.5 Å². The normalized spacial score (nSPS) is 12.3. The first kappa shape index (κ1) is 15.2. The summed E-state index contributed by atoms with van der Waals surface area (Å²) in [6.07, 6.45) is 1.78. The average Bonchev–Trinajstić information content (AvgIpc) is 2.48. The number of methoxy groups -OCH3 is 1. The van der Waals surface area contributed by atoms with Gasteiger partial charge in [0.2, 0.25) is 0 Å². The number of halogens is 2. The van der Waals surface area contributed by atoms with Gasteiger partial charge in [-0.05, 0) is 41.7 Å². The summed E-state index contributed by atoms with van der Waals surface area (Å²) in [7, 11) is 1.71. The van der Waals surface area contributed by atoms with Gasteiger partial charge in [-0.3, -0.25) is 0 Å². The topological polar surface area (TPSA) is 9.23 Å². The van der Waals surface area contributed by atoms with E-state index in [0.29, 0.717) is 0 Å². The van der Waals surface area contributed by atoms with Gasteiger partial charge in [-0.25, -0.2) is 4.39 Å². The summed E-state index contributed by atoms with van der Waals surface area (Å²) in [5, 5.41) is 0. The number of rotatable bonds is 6. The molecule has 0 aliphatic rings. The van der Waals surface area contributed by atoms with E-state index >= 15 is 0 Å². The van der Waals surface area contributed by atoms with Crippen molar-refractivity contribution in [3.8, 4) is 0 Å². The fourth-order valence-electron chi connectivity index (χ4n) is 2.06. The Kier molecular flexibility index (Phi) is 5.74. The molecule has 1 unspecified atom stereocenters. The second-order valence-electron chi connectivity index (χ2n) is 4.78. The van der Waals surface area contributed by atoms with E-state index in [1.807, 2.05) is 12.1 Å². The molecule has 0 saturated heterocycles. The SMILES string of the molecule is COCCc1ccc(C(Br)Cc2ccc(F)cc2)cc1. The van der Waals surface area contributed by atoms with Crippen molar-refractivity contribution in [2.45, 2.75) is 17.7 Å². The molecule has 0 N–H and O–H groups in total. The second-order valence-corrected chi connectivity index (χ2v) is 5.89. The number of alkyl halides is 1. The van der Waals surface area contributed by atoms with Crippen molar-refractivity contribution in [3.63, 3.8) is 0 Å². The van der Waals surface area contributed by atoms with Gasteiger partial charge in [-0.2, -0.15) is 0 Å². The van der Waals surface area contributed by atoms with Crippen LogP contribution in [0.2, 0.25) is 0 Å². The smallest absolute Gasteiger partial charge is 0.123 e. The molecule has 106 valence electrons. The highest BCUT2D eigenvalue weighted by Gasteiger charge is 2.08.